The zero-order valence-corrected chi connectivity index (χ0v) is 26.4. The van der Waals surface area contributed by atoms with Gasteiger partial charge >= 0.3 is 0 Å². The van der Waals surface area contributed by atoms with Crippen LogP contribution in [-0.4, -0.2) is 72.1 Å². The summed E-state index contributed by atoms with van der Waals surface area (Å²) >= 11 is 6.00. The number of nitrogens with one attached hydrogen (secondary N) is 2. The van der Waals surface area contributed by atoms with E-state index in [1.54, 1.807) is 12.1 Å². The van der Waals surface area contributed by atoms with Gasteiger partial charge in [-0.3, -0.25) is 9.69 Å². The van der Waals surface area contributed by atoms with Crippen molar-refractivity contribution in [3.8, 4) is 5.75 Å². The van der Waals surface area contributed by atoms with E-state index >= 15 is 0 Å². The Morgan fingerprint density at radius 3 is 2.75 bits per heavy atom. The van der Waals surface area contributed by atoms with Crippen molar-refractivity contribution in [1.82, 2.24) is 19.8 Å². The standard InChI is InChI=1S/C34H42ClFN6O2/c1-23-7-12-42(21-23)11-3-4-32(43)40-30-17-26-29(37-22-38-33(26)39-25-5-6-28(36)27(35)16-25)18-31(30)44-15-8-24-19-34(20-24)9-13-41(2)14-10-34/h3-6,16-18,22-24H,7-15,19-21H2,1-2H3,(H,40,43)(H,37,38,39)/b4-3+. The average Bonchev–Trinajstić information content (AvgIpc) is 3.40. The number of anilines is 3. The lowest BCUT2D eigenvalue weighted by Gasteiger charge is -2.52. The van der Waals surface area contributed by atoms with Crippen LogP contribution in [0.25, 0.3) is 10.9 Å². The first kappa shape index (κ1) is 30.7. The third-order valence-electron chi connectivity index (χ3n) is 9.59. The largest absolute Gasteiger partial charge is 0.491 e. The van der Waals surface area contributed by atoms with Gasteiger partial charge in [-0.1, -0.05) is 24.6 Å². The van der Waals surface area contributed by atoms with Crippen LogP contribution in [0, 0.1) is 23.1 Å². The Kier molecular flexibility index (Phi) is 9.35. The quantitative estimate of drug-likeness (QED) is 0.239. The molecule has 1 spiro atoms. The van der Waals surface area contributed by atoms with Gasteiger partial charge in [0.1, 0.15) is 23.7 Å². The van der Waals surface area contributed by atoms with E-state index in [0.29, 0.717) is 57.7 Å². The first-order valence-corrected chi connectivity index (χ1v) is 16.2. The fourth-order valence-corrected chi connectivity index (χ4v) is 7.17. The number of hydrogen-bond donors (Lipinski definition) is 2. The minimum Gasteiger partial charge on any atom is -0.491 e. The van der Waals surface area contributed by atoms with Gasteiger partial charge in [0, 0.05) is 36.3 Å². The fourth-order valence-electron chi connectivity index (χ4n) is 6.99. The predicted octanol–water partition coefficient (Wildman–Crippen LogP) is 6.89. The number of nitrogens with zero attached hydrogens (tertiary/aromatic N) is 4. The molecule has 234 valence electrons. The lowest BCUT2D eigenvalue weighted by atomic mass is 9.57. The van der Waals surface area contributed by atoms with Crippen LogP contribution in [0.3, 0.4) is 0 Å². The summed E-state index contributed by atoms with van der Waals surface area (Å²) in [5.41, 5.74) is 2.34. The zero-order valence-electron chi connectivity index (χ0n) is 25.6. The molecule has 6 rings (SSSR count). The molecule has 3 fully saturated rings. The molecule has 1 unspecified atom stereocenters. The number of benzene rings is 2. The third-order valence-corrected chi connectivity index (χ3v) is 9.88. The molecule has 10 heteroatoms. The summed E-state index contributed by atoms with van der Waals surface area (Å²) in [6.45, 7) is 8.09. The van der Waals surface area contributed by atoms with Crippen molar-refractivity contribution < 1.29 is 13.9 Å². The van der Waals surface area contributed by atoms with E-state index < -0.39 is 5.82 Å². The van der Waals surface area contributed by atoms with E-state index in [9.17, 15) is 9.18 Å². The average molecular weight is 621 g/mol. The SMILES string of the molecule is CC1CCN(C/C=C/C(=O)Nc2cc3c(Nc4ccc(F)c(Cl)c4)ncnc3cc2OCCC2CC3(CCN(C)CC3)C2)C1. The van der Waals surface area contributed by atoms with Crippen LogP contribution in [0.2, 0.25) is 5.02 Å². The maximum atomic E-state index is 13.7. The van der Waals surface area contributed by atoms with Gasteiger partial charge in [0.05, 0.1) is 22.8 Å². The molecule has 2 aromatic carbocycles. The van der Waals surface area contributed by atoms with E-state index in [2.05, 4.69) is 44.4 Å². The molecule has 1 aliphatic carbocycles. The lowest BCUT2D eigenvalue weighted by Crippen LogP contribution is -2.46. The molecule has 0 bridgehead atoms. The molecule has 8 nitrogen and oxygen atoms in total. The number of hydrogen-bond acceptors (Lipinski definition) is 7. The maximum absolute atomic E-state index is 13.7. The van der Waals surface area contributed by atoms with Crippen LogP contribution in [0.15, 0.2) is 48.8 Å². The first-order chi connectivity index (χ1) is 21.2. The molecule has 44 heavy (non-hydrogen) atoms. The highest BCUT2D eigenvalue weighted by Gasteiger charge is 2.44. The zero-order chi connectivity index (χ0) is 30.7. The second-order valence-corrected chi connectivity index (χ2v) is 13.5. The van der Waals surface area contributed by atoms with Crippen molar-refractivity contribution in [2.24, 2.45) is 17.3 Å². The Morgan fingerprint density at radius 2 is 2.00 bits per heavy atom. The monoisotopic (exact) mass is 620 g/mol. The van der Waals surface area contributed by atoms with E-state index in [1.807, 2.05) is 18.2 Å². The summed E-state index contributed by atoms with van der Waals surface area (Å²) in [4.78, 5) is 26.7. The maximum Gasteiger partial charge on any atom is 0.248 e. The lowest BCUT2D eigenvalue weighted by molar-refractivity contribution is -0.111. The van der Waals surface area contributed by atoms with Crippen molar-refractivity contribution in [1.29, 1.82) is 0 Å². The Labute approximate surface area is 264 Å². The van der Waals surface area contributed by atoms with Crippen molar-refractivity contribution in [3.05, 3.63) is 59.7 Å². The summed E-state index contributed by atoms with van der Waals surface area (Å²) in [6.07, 6.45) is 12.3. The number of piperidine rings is 1. The second kappa shape index (κ2) is 13.4. The molecule has 0 radical (unpaired) electrons. The van der Waals surface area contributed by atoms with Crippen LogP contribution >= 0.6 is 11.6 Å². The Bertz CT molecular complexity index is 1520. The van der Waals surface area contributed by atoms with Crippen LogP contribution in [0.1, 0.15) is 45.4 Å². The van der Waals surface area contributed by atoms with E-state index in [0.717, 1.165) is 26.1 Å². The van der Waals surface area contributed by atoms with E-state index in [4.69, 9.17) is 16.3 Å². The smallest absolute Gasteiger partial charge is 0.248 e. The molecule has 1 aromatic heterocycles. The fraction of sp³-hybridized carbons (Fsp3) is 0.500. The normalized spacial score (nSPS) is 20.8. The highest BCUT2D eigenvalue weighted by atomic mass is 35.5. The highest BCUT2D eigenvalue weighted by Crippen LogP contribution is 2.53. The molecule has 1 saturated carbocycles. The van der Waals surface area contributed by atoms with Gasteiger partial charge in [-0.2, -0.15) is 0 Å². The first-order valence-electron chi connectivity index (χ1n) is 15.8. The van der Waals surface area contributed by atoms with Crippen LogP contribution in [0.4, 0.5) is 21.6 Å². The van der Waals surface area contributed by atoms with Crippen LogP contribution < -0.4 is 15.4 Å². The molecule has 3 heterocycles. The highest BCUT2D eigenvalue weighted by molar-refractivity contribution is 6.31. The molecular weight excluding hydrogens is 579 g/mol. The number of halogens is 2. The van der Waals surface area contributed by atoms with Crippen molar-refractivity contribution in [3.63, 3.8) is 0 Å². The number of carbonyl (C=O) groups is 1. The molecule has 2 N–H and O–H groups in total. The number of aromatic nitrogens is 2. The van der Waals surface area contributed by atoms with Crippen LogP contribution in [-0.2, 0) is 4.79 Å². The van der Waals surface area contributed by atoms with E-state index in [-0.39, 0.29) is 10.9 Å². The summed E-state index contributed by atoms with van der Waals surface area (Å²) in [6, 6.07) is 8.09. The van der Waals surface area contributed by atoms with Gasteiger partial charge in [-0.15, -0.1) is 0 Å². The number of amides is 1. The summed E-state index contributed by atoms with van der Waals surface area (Å²) in [5, 5.41) is 6.95. The molecule has 3 aliphatic rings. The minimum absolute atomic E-state index is 0.0142. The number of carbonyl (C=O) groups excluding carboxylic acids is 1. The topological polar surface area (TPSA) is 82.6 Å². The van der Waals surface area contributed by atoms with E-state index in [1.165, 1.54) is 63.7 Å². The van der Waals surface area contributed by atoms with Gasteiger partial charge in [0.2, 0.25) is 5.91 Å². The predicted molar refractivity (Wildman–Crippen MR) is 174 cm³/mol. The van der Waals surface area contributed by atoms with Gasteiger partial charge in [0.15, 0.2) is 0 Å². The summed E-state index contributed by atoms with van der Waals surface area (Å²) in [5.74, 6) is 1.74. The Morgan fingerprint density at radius 1 is 1.18 bits per heavy atom. The summed E-state index contributed by atoms with van der Waals surface area (Å²) in [7, 11) is 2.21. The Hall–Kier alpha value is -3.27. The Balaban J connectivity index is 1.17. The van der Waals surface area contributed by atoms with Gasteiger partial charge in [0.25, 0.3) is 0 Å². The second-order valence-electron chi connectivity index (χ2n) is 13.1. The molecule has 2 aliphatic heterocycles. The molecule has 3 aromatic rings. The van der Waals surface area contributed by atoms with Gasteiger partial charge in [-0.25, -0.2) is 14.4 Å². The van der Waals surface area contributed by atoms with Gasteiger partial charge < -0.3 is 20.3 Å². The number of likely N-dealkylation sites (tertiary alicyclic amines) is 2. The van der Waals surface area contributed by atoms with Crippen molar-refractivity contribution in [2.75, 3.05) is 57.0 Å². The number of ether oxygens (including phenoxy) is 1. The van der Waals surface area contributed by atoms with Gasteiger partial charge in [-0.05, 0) is 107 Å². The minimum atomic E-state index is -0.493. The summed E-state index contributed by atoms with van der Waals surface area (Å²) < 4.78 is 20.1. The van der Waals surface area contributed by atoms with Crippen molar-refractivity contribution in [2.45, 2.75) is 45.4 Å². The molecule has 2 saturated heterocycles. The molecule has 1 atom stereocenters. The number of rotatable bonds is 10. The number of fused-ring (bicyclic) bond motifs is 1. The third kappa shape index (κ3) is 7.33. The van der Waals surface area contributed by atoms with Crippen molar-refractivity contribution >= 4 is 45.6 Å². The van der Waals surface area contributed by atoms with Crippen LogP contribution in [0.5, 0.6) is 5.75 Å². The molecular formula is C34H42ClFN6O2. The molecule has 1 amide bonds.